The first-order valence-corrected chi connectivity index (χ1v) is 8.20. The van der Waals surface area contributed by atoms with Crippen LogP contribution in [0.4, 0.5) is 5.69 Å². The number of fused-ring (bicyclic) bond motifs is 1. The second-order valence-electron chi connectivity index (χ2n) is 4.87. The molecule has 23 heavy (non-hydrogen) atoms. The van der Waals surface area contributed by atoms with E-state index < -0.39 is 5.91 Å². The fourth-order valence-electron chi connectivity index (χ4n) is 2.26. The van der Waals surface area contributed by atoms with Gasteiger partial charge in [0.2, 0.25) is 5.91 Å². The third kappa shape index (κ3) is 3.40. The van der Waals surface area contributed by atoms with Gasteiger partial charge in [-0.2, -0.15) is 0 Å². The molecule has 0 unspecified atom stereocenters. The zero-order valence-electron chi connectivity index (χ0n) is 12.6. The summed E-state index contributed by atoms with van der Waals surface area (Å²) in [6.45, 7) is 2.43. The Kier molecular flexibility index (Phi) is 4.68. The van der Waals surface area contributed by atoms with E-state index in [0.717, 1.165) is 10.6 Å². The van der Waals surface area contributed by atoms with Crippen LogP contribution in [0, 0.1) is 0 Å². The summed E-state index contributed by atoms with van der Waals surface area (Å²) in [5, 5.41) is 0. The Labute approximate surface area is 137 Å². The molecule has 0 atom stereocenters. The third-order valence-corrected chi connectivity index (χ3v) is 4.36. The number of carbonyl (C=O) groups is 2. The Hall–Kier alpha value is -2.25. The lowest BCUT2D eigenvalue weighted by atomic mass is 10.2. The molecule has 7 heteroatoms. The van der Waals surface area contributed by atoms with Crippen molar-refractivity contribution in [3.63, 3.8) is 0 Å². The van der Waals surface area contributed by atoms with Crippen LogP contribution >= 0.6 is 11.8 Å². The van der Waals surface area contributed by atoms with E-state index in [1.807, 2.05) is 24.3 Å². The average Bonchev–Trinajstić information content (AvgIpc) is 3.04. The van der Waals surface area contributed by atoms with Gasteiger partial charge in [0, 0.05) is 4.90 Å². The van der Waals surface area contributed by atoms with Crippen molar-refractivity contribution in [1.82, 2.24) is 5.48 Å². The smallest absolute Gasteiger partial charge is 0.310 e. The molecule has 120 valence electrons. The van der Waals surface area contributed by atoms with E-state index in [-0.39, 0.29) is 11.7 Å². The SMILES string of the molecule is CCONC(=O)c1ccc(CN2C(=O)CSc3ccccc32)o1. The molecule has 1 aromatic heterocycles. The summed E-state index contributed by atoms with van der Waals surface area (Å²) < 4.78 is 5.52. The quantitative estimate of drug-likeness (QED) is 0.852. The van der Waals surface area contributed by atoms with Crippen LogP contribution < -0.4 is 10.4 Å². The molecular formula is C16H16N2O4S. The number of nitrogens with one attached hydrogen (secondary N) is 1. The standard InChI is InChI=1S/C16H16N2O4S/c1-2-21-17-16(20)13-8-7-11(22-13)9-18-12-5-3-4-6-14(12)23-10-15(18)19/h3-8H,2,9-10H2,1H3,(H,17,20). The maximum Gasteiger partial charge on any atom is 0.310 e. The second kappa shape index (κ2) is 6.89. The minimum absolute atomic E-state index is 0.0189. The minimum Gasteiger partial charge on any atom is -0.454 e. The van der Waals surface area contributed by atoms with Gasteiger partial charge in [-0.3, -0.25) is 14.4 Å². The molecule has 2 heterocycles. The van der Waals surface area contributed by atoms with E-state index in [4.69, 9.17) is 9.25 Å². The number of amides is 2. The fourth-order valence-corrected chi connectivity index (χ4v) is 3.19. The number of hydrogen-bond acceptors (Lipinski definition) is 5. The van der Waals surface area contributed by atoms with Crippen molar-refractivity contribution < 1.29 is 18.8 Å². The van der Waals surface area contributed by atoms with E-state index in [9.17, 15) is 9.59 Å². The maximum absolute atomic E-state index is 12.2. The van der Waals surface area contributed by atoms with E-state index in [2.05, 4.69) is 5.48 Å². The highest BCUT2D eigenvalue weighted by molar-refractivity contribution is 8.00. The molecule has 1 aromatic carbocycles. The summed E-state index contributed by atoms with van der Waals surface area (Å²) in [5.74, 6) is 0.668. The summed E-state index contributed by atoms with van der Waals surface area (Å²) in [6.07, 6.45) is 0. The Bertz CT molecular complexity index is 728. The number of furan rings is 1. The number of para-hydroxylation sites is 1. The Balaban J connectivity index is 1.76. The van der Waals surface area contributed by atoms with Crippen molar-refractivity contribution in [2.75, 3.05) is 17.3 Å². The fraction of sp³-hybridized carbons (Fsp3) is 0.250. The molecule has 1 aliphatic rings. The molecule has 1 N–H and O–H groups in total. The van der Waals surface area contributed by atoms with Gasteiger partial charge < -0.3 is 9.32 Å². The van der Waals surface area contributed by atoms with E-state index >= 15 is 0 Å². The number of nitrogens with zero attached hydrogens (tertiary/aromatic N) is 1. The van der Waals surface area contributed by atoms with Gasteiger partial charge in [-0.25, -0.2) is 5.48 Å². The largest absolute Gasteiger partial charge is 0.454 e. The molecule has 0 fully saturated rings. The van der Waals surface area contributed by atoms with Crippen molar-refractivity contribution in [2.45, 2.75) is 18.4 Å². The van der Waals surface area contributed by atoms with Crippen LogP contribution in [0.1, 0.15) is 23.2 Å². The number of benzene rings is 1. The highest BCUT2D eigenvalue weighted by Crippen LogP contribution is 2.35. The topological polar surface area (TPSA) is 71.8 Å². The lowest BCUT2D eigenvalue weighted by Crippen LogP contribution is -2.34. The average molecular weight is 332 g/mol. The molecule has 0 aliphatic carbocycles. The Morgan fingerprint density at radius 3 is 3.00 bits per heavy atom. The molecule has 0 bridgehead atoms. The number of anilines is 1. The molecule has 2 amide bonds. The summed E-state index contributed by atoms with van der Waals surface area (Å²) >= 11 is 1.53. The van der Waals surface area contributed by atoms with E-state index in [0.29, 0.717) is 24.7 Å². The predicted molar refractivity (Wildman–Crippen MR) is 86.2 cm³/mol. The first-order chi connectivity index (χ1) is 11.2. The number of hydroxylamine groups is 1. The van der Waals surface area contributed by atoms with Crippen molar-refractivity contribution in [1.29, 1.82) is 0 Å². The van der Waals surface area contributed by atoms with Crippen molar-refractivity contribution >= 4 is 29.3 Å². The molecule has 0 saturated heterocycles. The summed E-state index contributed by atoms with van der Waals surface area (Å²) in [5.41, 5.74) is 3.14. The van der Waals surface area contributed by atoms with Gasteiger partial charge in [0.15, 0.2) is 5.76 Å². The van der Waals surface area contributed by atoms with E-state index in [1.54, 1.807) is 24.0 Å². The normalized spacial score (nSPS) is 13.8. The zero-order chi connectivity index (χ0) is 16.2. The second-order valence-corrected chi connectivity index (χ2v) is 5.88. The number of carbonyl (C=O) groups excluding carboxylic acids is 2. The molecular weight excluding hydrogens is 316 g/mol. The van der Waals surface area contributed by atoms with Crippen LogP contribution in [0.15, 0.2) is 45.7 Å². The molecule has 2 aromatic rings. The van der Waals surface area contributed by atoms with Crippen LogP contribution in [-0.4, -0.2) is 24.2 Å². The first kappa shape index (κ1) is 15.6. The van der Waals surface area contributed by atoms with Gasteiger partial charge >= 0.3 is 5.91 Å². The number of hydrogen-bond donors (Lipinski definition) is 1. The van der Waals surface area contributed by atoms with Gasteiger partial charge in [-0.1, -0.05) is 12.1 Å². The predicted octanol–water partition coefficient (Wildman–Crippen LogP) is 2.60. The summed E-state index contributed by atoms with van der Waals surface area (Å²) in [4.78, 5) is 31.5. The molecule has 6 nitrogen and oxygen atoms in total. The molecule has 3 rings (SSSR count). The lowest BCUT2D eigenvalue weighted by Gasteiger charge is -2.28. The van der Waals surface area contributed by atoms with E-state index in [1.165, 1.54) is 11.8 Å². The van der Waals surface area contributed by atoms with Gasteiger partial charge in [0.05, 0.1) is 24.6 Å². The minimum atomic E-state index is -0.445. The first-order valence-electron chi connectivity index (χ1n) is 7.22. The van der Waals surface area contributed by atoms with Crippen LogP contribution in [0.25, 0.3) is 0 Å². The van der Waals surface area contributed by atoms with Crippen molar-refractivity contribution in [2.24, 2.45) is 0 Å². The van der Waals surface area contributed by atoms with Crippen molar-refractivity contribution in [3.8, 4) is 0 Å². The molecule has 1 aliphatic heterocycles. The molecule has 0 spiro atoms. The van der Waals surface area contributed by atoms with Gasteiger partial charge in [0.25, 0.3) is 0 Å². The van der Waals surface area contributed by atoms with Crippen LogP contribution in [0.3, 0.4) is 0 Å². The van der Waals surface area contributed by atoms with Crippen LogP contribution in [-0.2, 0) is 16.2 Å². The van der Waals surface area contributed by atoms with Gasteiger partial charge in [-0.15, -0.1) is 11.8 Å². The highest BCUT2D eigenvalue weighted by Gasteiger charge is 2.25. The monoisotopic (exact) mass is 332 g/mol. The third-order valence-electron chi connectivity index (χ3n) is 3.32. The Morgan fingerprint density at radius 1 is 1.35 bits per heavy atom. The van der Waals surface area contributed by atoms with Crippen LogP contribution in [0.5, 0.6) is 0 Å². The summed E-state index contributed by atoms with van der Waals surface area (Å²) in [6, 6.07) is 11.0. The highest BCUT2D eigenvalue weighted by atomic mass is 32.2. The Morgan fingerprint density at radius 2 is 2.17 bits per heavy atom. The number of thioether (sulfide) groups is 1. The zero-order valence-corrected chi connectivity index (χ0v) is 13.4. The van der Waals surface area contributed by atoms with Gasteiger partial charge in [0.1, 0.15) is 5.76 Å². The molecule has 0 radical (unpaired) electrons. The van der Waals surface area contributed by atoms with Crippen LogP contribution in [0.2, 0.25) is 0 Å². The van der Waals surface area contributed by atoms with Crippen molar-refractivity contribution in [3.05, 3.63) is 47.9 Å². The van der Waals surface area contributed by atoms with Gasteiger partial charge in [-0.05, 0) is 31.2 Å². The molecule has 0 saturated carbocycles. The summed E-state index contributed by atoms with van der Waals surface area (Å²) in [7, 11) is 0. The number of rotatable bonds is 5. The lowest BCUT2D eigenvalue weighted by molar-refractivity contribution is -0.116. The maximum atomic E-state index is 12.2.